The Labute approximate surface area is 248 Å². The molecule has 1 fully saturated rings. The molecule has 0 aliphatic carbocycles. The molecule has 2 aromatic carbocycles. The van der Waals surface area contributed by atoms with Crippen LogP contribution in [0.15, 0.2) is 24.3 Å². The largest absolute Gasteiger partial charge is 0.547 e. The fourth-order valence-electron chi connectivity index (χ4n) is 4.67. The lowest BCUT2D eigenvalue weighted by Crippen LogP contribution is -2.60. The number of carbonyl (C=O) groups is 5. The van der Waals surface area contributed by atoms with Gasteiger partial charge in [0.2, 0.25) is 5.91 Å². The van der Waals surface area contributed by atoms with Gasteiger partial charge in [-0.1, -0.05) is 23.7 Å². The molecular formula is C25H26BClFN5O10. The first-order chi connectivity index (χ1) is 20.3. The van der Waals surface area contributed by atoms with Crippen LogP contribution in [0.1, 0.15) is 33.9 Å². The number of nitrogens with zero attached hydrogens (tertiary/aromatic N) is 2. The number of phenolic OH excluding ortho intramolecular Hbond substituents is 2. The third-order valence-corrected chi connectivity index (χ3v) is 7.30. The van der Waals surface area contributed by atoms with Crippen LogP contribution in [-0.2, 0) is 20.8 Å². The van der Waals surface area contributed by atoms with Gasteiger partial charge in [-0.15, -0.1) is 0 Å². The molecule has 18 heteroatoms. The minimum absolute atomic E-state index is 0.0134. The SMILES string of the molecule is NCCCN1CCN(C(=O)N[C@@H](C(=O)N[C@H]2Cc3ccc(F)c(C(=O)O)c3OB2O)c2ccc(O)c(O)c2Cl)C(=O)C1=O. The van der Waals surface area contributed by atoms with Crippen LogP contribution in [-0.4, -0.2) is 99.1 Å². The number of carboxylic acid groups (broad SMARTS) is 1. The Morgan fingerprint density at radius 3 is 2.56 bits per heavy atom. The summed E-state index contributed by atoms with van der Waals surface area (Å²) in [7, 11) is -1.86. The lowest BCUT2D eigenvalue weighted by atomic mass is 9.72. The van der Waals surface area contributed by atoms with Crippen molar-refractivity contribution in [1.82, 2.24) is 20.4 Å². The molecular weight excluding hydrogens is 596 g/mol. The molecule has 4 rings (SSSR count). The highest BCUT2D eigenvalue weighted by Gasteiger charge is 2.42. The summed E-state index contributed by atoms with van der Waals surface area (Å²) in [6, 6.07) is 1.29. The van der Waals surface area contributed by atoms with E-state index in [-0.39, 0.29) is 43.7 Å². The first-order valence-corrected chi connectivity index (χ1v) is 13.2. The van der Waals surface area contributed by atoms with Crippen molar-refractivity contribution in [3.63, 3.8) is 0 Å². The molecule has 228 valence electrons. The molecule has 0 aromatic heterocycles. The smallest absolute Gasteiger partial charge is 0.534 e. The summed E-state index contributed by atoms with van der Waals surface area (Å²) in [6.45, 7) is 0.292. The third kappa shape index (κ3) is 6.28. The van der Waals surface area contributed by atoms with E-state index in [1.807, 2.05) is 0 Å². The maximum absolute atomic E-state index is 14.1. The molecule has 0 spiro atoms. The first-order valence-electron chi connectivity index (χ1n) is 12.9. The molecule has 2 heterocycles. The van der Waals surface area contributed by atoms with Gasteiger partial charge in [-0.2, -0.15) is 0 Å². The van der Waals surface area contributed by atoms with E-state index in [4.69, 9.17) is 22.0 Å². The molecule has 15 nitrogen and oxygen atoms in total. The number of hydrogen-bond donors (Lipinski definition) is 7. The Morgan fingerprint density at radius 2 is 1.88 bits per heavy atom. The Kier molecular flexibility index (Phi) is 9.27. The highest BCUT2D eigenvalue weighted by Crippen LogP contribution is 2.38. The van der Waals surface area contributed by atoms with Crippen LogP contribution in [0.4, 0.5) is 9.18 Å². The van der Waals surface area contributed by atoms with Gasteiger partial charge < -0.3 is 46.3 Å². The fourth-order valence-corrected chi connectivity index (χ4v) is 4.94. The van der Waals surface area contributed by atoms with E-state index in [1.165, 1.54) is 11.0 Å². The Hall–Kier alpha value is -4.61. The van der Waals surface area contributed by atoms with Crippen molar-refractivity contribution >= 4 is 48.4 Å². The number of urea groups is 1. The van der Waals surface area contributed by atoms with E-state index in [1.54, 1.807) is 0 Å². The number of nitrogens with two attached hydrogens (primary N) is 1. The molecule has 2 aliphatic heterocycles. The number of halogens is 2. The number of imide groups is 1. The standard InChI is InChI=1S/C25H26BClFN5O10/c27-17-12(3-5-14(34)19(17)35)18(31-25(41)33-9-8-32(7-1-6-29)22(37)23(33)38)21(36)30-15-10-11-2-4-13(28)16(24(39)40)20(11)43-26(15)42/h2-5,15,18,34-35,42H,1,6-10,29H2,(H,30,36)(H,31,41)(H,39,40)/t15-,18+/m0/s1. The number of hydrogen-bond acceptors (Lipinski definition) is 10. The number of carbonyl (C=O) groups excluding carboxylic acids is 4. The molecule has 0 radical (unpaired) electrons. The first kappa shape index (κ1) is 31.3. The average Bonchev–Trinajstić information content (AvgIpc) is 2.96. The van der Waals surface area contributed by atoms with E-state index in [0.717, 1.165) is 18.2 Å². The second kappa shape index (κ2) is 12.7. The van der Waals surface area contributed by atoms with Gasteiger partial charge in [-0.3, -0.25) is 19.3 Å². The Bertz CT molecular complexity index is 1500. The van der Waals surface area contributed by atoms with Gasteiger partial charge in [-0.05, 0) is 37.1 Å². The Balaban J connectivity index is 1.59. The minimum Gasteiger partial charge on any atom is -0.534 e. The van der Waals surface area contributed by atoms with Crippen molar-refractivity contribution in [3.05, 3.63) is 51.8 Å². The number of piperazine rings is 1. The topological polar surface area (TPSA) is 232 Å². The molecule has 2 atom stereocenters. The Morgan fingerprint density at radius 1 is 1.16 bits per heavy atom. The molecule has 43 heavy (non-hydrogen) atoms. The minimum atomic E-state index is -1.86. The maximum Gasteiger partial charge on any atom is 0.547 e. The van der Waals surface area contributed by atoms with Crippen molar-refractivity contribution in [3.8, 4) is 17.2 Å². The number of aromatic hydroxyl groups is 2. The van der Waals surface area contributed by atoms with Crippen LogP contribution in [0, 0.1) is 5.82 Å². The molecule has 2 aromatic rings. The van der Waals surface area contributed by atoms with E-state index >= 15 is 0 Å². The number of rotatable bonds is 8. The summed E-state index contributed by atoms with van der Waals surface area (Å²) in [5, 5.41) is 44.0. The van der Waals surface area contributed by atoms with Gasteiger partial charge in [0, 0.05) is 25.2 Å². The predicted molar refractivity (Wildman–Crippen MR) is 146 cm³/mol. The number of fused-ring (bicyclic) bond motifs is 1. The van der Waals surface area contributed by atoms with Gasteiger partial charge in [0.05, 0.1) is 11.0 Å². The molecule has 0 bridgehead atoms. The van der Waals surface area contributed by atoms with Gasteiger partial charge in [0.25, 0.3) is 0 Å². The lowest BCUT2D eigenvalue weighted by Gasteiger charge is -2.34. The molecule has 2 aliphatic rings. The number of phenols is 2. The summed E-state index contributed by atoms with van der Waals surface area (Å²) < 4.78 is 19.3. The van der Waals surface area contributed by atoms with Crippen molar-refractivity contribution in [2.75, 3.05) is 26.2 Å². The van der Waals surface area contributed by atoms with Crippen molar-refractivity contribution < 1.29 is 53.4 Å². The van der Waals surface area contributed by atoms with Crippen LogP contribution in [0.5, 0.6) is 17.2 Å². The number of amides is 5. The zero-order chi connectivity index (χ0) is 31.6. The number of benzene rings is 2. The van der Waals surface area contributed by atoms with Gasteiger partial charge in [0.15, 0.2) is 11.5 Å². The van der Waals surface area contributed by atoms with Gasteiger partial charge in [0.1, 0.15) is 23.2 Å². The van der Waals surface area contributed by atoms with E-state index in [2.05, 4.69) is 10.6 Å². The zero-order valence-electron chi connectivity index (χ0n) is 22.3. The monoisotopic (exact) mass is 621 g/mol. The summed E-state index contributed by atoms with van der Waals surface area (Å²) in [6.07, 6.45) is 0.208. The van der Waals surface area contributed by atoms with Gasteiger partial charge >= 0.3 is 30.9 Å². The van der Waals surface area contributed by atoms with E-state index in [9.17, 15) is 48.7 Å². The quantitative estimate of drug-likeness (QED) is 0.113. The van der Waals surface area contributed by atoms with E-state index < -0.39 is 82.5 Å². The van der Waals surface area contributed by atoms with Crippen molar-refractivity contribution in [2.45, 2.75) is 24.8 Å². The number of aromatic carboxylic acids is 1. The number of nitrogens with one attached hydrogen (secondary N) is 2. The lowest BCUT2D eigenvalue weighted by molar-refractivity contribution is -0.153. The normalized spacial score (nSPS) is 17.2. The average molecular weight is 622 g/mol. The van der Waals surface area contributed by atoms with Crippen LogP contribution >= 0.6 is 11.6 Å². The van der Waals surface area contributed by atoms with E-state index in [0.29, 0.717) is 11.3 Å². The van der Waals surface area contributed by atoms with Crippen molar-refractivity contribution in [2.24, 2.45) is 5.73 Å². The zero-order valence-corrected chi connectivity index (χ0v) is 23.0. The molecule has 1 saturated heterocycles. The fraction of sp³-hybridized carbons (Fsp3) is 0.320. The predicted octanol–water partition coefficient (Wildman–Crippen LogP) is -0.502. The summed E-state index contributed by atoms with van der Waals surface area (Å²) in [5.41, 5.74) is 4.56. The van der Waals surface area contributed by atoms with Gasteiger partial charge in [-0.25, -0.2) is 14.0 Å². The maximum atomic E-state index is 14.1. The van der Waals surface area contributed by atoms with Crippen molar-refractivity contribution in [1.29, 1.82) is 0 Å². The van der Waals surface area contributed by atoms with Crippen LogP contribution < -0.4 is 21.0 Å². The van der Waals surface area contributed by atoms with Crippen LogP contribution in [0.25, 0.3) is 0 Å². The summed E-state index contributed by atoms with van der Waals surface area (Å²) in [5.74, 6) is -9.02. The molecule has 5 amide bonds. The molecule has 0 saturated carbocycles. The highest BCUT2D eigenvalue weighted by molar-refractivity contribution is 6.47. The van der Waals surface area contributed by atoms with Crippen LogP contribution in [0.3, 0.4) is 0 Å². The second-order valence-corrected chi connectivity index (χ2v) is 10.0. The summed E-state index contributed by atoms with van der Waals surface area (Å²) >= 11 is 6.17. The van der Waals surface area contributed by atoms with Crippen LogP contribution in [0.2, 0.25) is 5.02 Å². The third-order valence-electron chi connectivity index (χ3n) is 6.90. The second-order valence-electron chi connectivity index (χ2n) is 9.65. The molecule has 8 N–H and O–H groups in total. The summed E-state index contributed by atoms with van der Waals surface area (Å²) in [4.78, 5) is 65.3. The highest BCUT2D eigenvalue weighted by atomic mass is 35.5. The number of carboxylic acids is 1. The molecule has 0 unspecified atom stereocenters.